The van der Waals surface area contributed by atoms with Crippen LogP contribution in [0.5, 0.6) is 0 Å². The van der Waals surface area contributed by atoms with Crippen LogP contribution in [0.4, 0.5) is 0 Å². The van der Waals surface area contributed by atoms with E-state index in [1.165, 1.54) is 16.1 Å². The average Bonchev–Trinajstić information content (AvgIpc) is 2.78. The third kappa shape index (κ3) is 3.64. The van der Waals surface area contributed by atoms with Gasteiger partial charge in [0.2, 0.25) is 0 Å². The molecule has 2 heterocycles. The molecule has 0 aliphatic carbocycles. The van der Waals surface area contributed by atoms with E-state index in [4.69, 9.17) is 4.98 Å². The maximum atomic E-state index is 4.81. The number of thiazole rings is 1. The minimum absolute atomic E-state index is 0.496. The molecule has 3 nitrogen and oxygen atoms in total. The van der Waals surface area contributed by atoms with Crippen LogP contribution in [0.25, 0.3) is 10.6 Å². The maximum Gasteiger partial charge on any atom is 0.124 e. The molecule has 0 fully saturated rings. The summed E-state index contributed by atoms with van der Waals surface area (Å²) in [6.07, 6.45) is 0.981. The molecule has 0 aromatic carbocycles. The lowest BCUT2D eigenvalue weighted by atomic mass is 10.2. The van der Waals surface area contributed by atoms with Crippen LogP contribution in [0.1, 0.15) is 42.7 Å². The van der Waals surface area contributed by atoms with Gasteiger partial charge in [-0.25, -0.2) is 4.98 Å². The van der Waals surface area contributed by atoms with Crippen LogP contribution in [0, 0.1) is 13.8 Å². The quantitative estimate of drug-likeness (QED) is 0.907. The Morgan fingerprint density at radius 3 is 2.35 bits per heavy atom. The van der Waals surface area contributed by atoms with Crippen molar-refractivity contribution in [1.29, 1.82) is 0 Å². The summed E-state index contributed by atoms with van der Waals surface area (Å²) in [5.74, 6) is 0. The SMILES string of the molecule is CCc1nc(-c2cc(C)nc(C)c2)sc1CNC(C)C. The summed E-state index contributed by atoms with van der Waals surface area (Å²) in [4.78, 5) is 10.6. The first kappa shape index (κ1) is 15.1. The van der Waals surface area contributed by atoms with Gasteiger partial charge in [0.25, 0.3) is 0 Å². The highest BCUT2D eigenvalue weighted by Gasteiger charge is 2.12. The lowest BCUT2D eigenvalue weighted by Gasteiger charge is -2.06. The van der Waals surface area contributed by atoms with Gasteiger partial charge < -0.3 is 5.32 Å². The number of nitrogens with zero attached hydrogens (tertiary/aromatic N) is 2. The molecule has 0 unspecified atom stereocenters. The summed E-state index contributed by atoms with van der Waals surface area (Å²) in [6.45, 7) is 11.5. The Kier molecular flexibility index (Phi) is 4.89. The predicted octanol–water partition coefficient (Wildman–Crippen LogP) is 3.88. The smallest absolute Gasteiger partial charge is 0.124 e. The van der Waals surface area contributed by atoms with E-state index in [1.54, 1.807) is 11.3 Å². The standard InChI is InChI=1S/C16H23N3S/c1-6-14-15(9-17-10(2)3)20-16(19-14)13-7-11(4)18-12(5)8-13/h7-8,10,17H,6,9H2,1-5H3. The molecule has 2 aromatic heterocycles. The van der Waals surface area contributed by atoms with Crippen molar-refractivity contribution in [2.24, 2.45) is 0 Å². The van der Waals surface area contributed by atoms with E-state index in [-0.39, 0.29) is 0 Å². The molecular formula is C16H23N3S. The van der Waals surface area contributed by atoms with Gasteiger partial charge in [0.15, 0.2) is 0 Å². The first-order valence-corrected chi connectivity index (χ1v) is 7.99. The molecule has 2 aromatic rings. The highest BCUT2D eigenvalue weighted by Crippen LogP contribution is 2.29. The Hall–Kier alpha value is -1.26. The van der Waals surface area contributed by atoms with Gasteiger partial charge in [0, 0.05) is 34.4 Å². The van der Waals surface area contributed by atoms with Crippen LogP contribution in [-0.2, 0) is 13.0 Å². The van der Waals surface area contributed by atoms with Crippen molar-refractivity contribution >= 4 is 11.3 Å². The molecule has 0 radical (unpaired) electrons. The van der Waals surface area contributed by atoms with Gasteiger partial charge in [0.05, 0.1) is 5.69 Å². The summed E-state index contributed by atoms with van der Waals surface area (Å²) < 4.78 is 0. The van der Waals surface area contributed by atoms with Gasteiger partial charge in [0.1, 0.15) is 5.01 Å². The van der Waals surface area contributed by atoms with Crippen LogP contribution in [0.3, 0.4) is 0 Å². The van der Waals surface area contributed by atoms with Gasteiger partial charge >= 0.3 is 0 Å². The van der Waals surface area contributed by atoms with Crippen molar-refractivity contribution in [3.8, 4) is 10.6 Å². The van der Waals surface area contributed by atoms with Crippen LogP contribution >= 0.6 is 11.3 Å². The van der Waals surface area contributed by atoms with Crippen molar-refractivity contribution in [2.45, 2.75) is 53.6 Å². The first-order valence-electron chi connectivity index (χ1n) is 7.17. The summed E-state index contributed by atoms with van der Waals surface area (Å²) in [5.41, 5.74) is 4.50. The topological polar surface area (TPSA) is 37.8 Å². The third-order valence-electron chi connectivity index (χ3n) is 3.11. The van der Waals surface area contributed by atoms with Crippen molar-refractivity contribution in [1.82, 2.24) is 15.3 Å². The zero-order valence-electron chi connectivity index (χ0n) is 12.9. The molecule has 0 saturated heterocycles. The second kappa shape index (κ2) is 6.46. The van der Waals surface area contributed by atoms with E-state index < -0.39 is 0 Å². The highest BCUT2D eigenvalue weighted by molar-refractivity contribution is 7.15. The number of aryl methyl sites for hydroxylation is 3. The number of pyridine rings is 1. The number of rotatable bonds is 5. The minimum atomic E-state index is 0.496. The molecule has 0 amide bonds. The molecule has 20 heavy (non-hydrogen) atoms. The van der Waals surface area contributed by atoms with Gasteiger partial charge in [-0.15, -0.1) is 11.3 Å². The first-order chi connectivity index (χ1) is 9.49. The predicted molar refractivity (Wildman–Crippen MR) is 86.2 cm³/mol. The Morgan fingerprint density at radius 2 is 1.80 bits per heavy atom. The van der Waals surface area contributed by atoms with E-state index in [9.17, 15) is 0 Å². The van der Waals surface area contributed by atoms with Gasteiger partial charge in [-0.2, -0.15) is 0 Å². The second-order valence-corrected chi connectivity index (χ2v) is 6.50. The lowest BCUT2D eigenvalue weighted by molar-refractivity contribution is 0.590. The third-order valence-corrected chi connectivity index (χ3v) is 4.26. The van der Waals surface area contributed by atoms with E-state index in [2.05, 4.69) is 43.2 Å². The fourth-order valence-electron chi connectivity index (χ4n) is 2.18. The highest BCUT2D eigenvalue weighted by atomic mass is 32.1. The molecule has 2 rings (SSSR count). The van der Waals surface area contributed by atoms with E-state index in [1.807, 2.05) is 13.8 Å². The van der Waals surface area contributed by atoms with Gasteiger partial charge in [-0.1, -0.05) is 20.8 Å². The van der Waals surface area contributed by atoms with Gasteiger partial charge in [-0.05, 0) is 32.4 Å². The summed E-state index contributed by atoms with van der Waals surface area (Å²) >= 11 is 1.80. The van der Waals surface area contributed by atoms with Crippen molar-refractivity contribution in [2.75, 3.05) is 0 Å². The molecule has 1 N–H and O–H groups in total. The number of aromatic nitrogens is 2. The van der Waals surface area contributed by atoms with Gasteiger partial charge in [-0.3, -0.25) is 4.98 Å². The Balaban J connectivity index is 2.32. The molecule has 0 bridgehead atoms. The normalized spacial score (nSPS) is 11.3. The van der Waals surface area contributed by atoms with Crippen LogP contribution in [0.2, 0.25) is 0 Å². The van der Waals surface area contributed by atoms with Crippen molar-refractivity contribution in [3.63, 3.8) is 0 Å². The summed E-state index contributed by atoms with van der Waals surface area (Å²) in [6, 6.07) is 4.73. The summed E-state index contributed by atoms with van der Waals surface area (Å²) in [7, 11) is 0. The summed E-state index contributed by atoms with van der Waals surface area (Å²) in [5, 5.41) is 4.59. The van der Waals surface area contributed by atoms with Crippen molar-refractivity contribution in [3.05, 3.63) is 34.1 Å². The molecule has 0 aliphatic heterocycles. The zero-order valence-corrected chi connectivity index (χ0v) is 13.8. The molecule has 0 atom stereocenters. The molecule has 108 valence electrons. The van der Waals surface area contributed by atoms with Crippen LogP contribution < -0.4 is 5.32 Å². The Bertz CT molecular complexity index is 567. The lowest BCUT2D eigenvalue weighted by Crippen LogP contribution is -2.21. The number of hydrogen-bond donors (Lipinski definition) is 1. The molecule has 4 heteroatoms. The number of nitrogens with one attached hydrogen (secondary N) is 1. The van der Waals surface area contributed by atoms with Crippen LogP contribution in [-0.4, -0.2) is 16.0 Å². The van der Waals surface area contributed by atoms with Crippen LogP contribution in [0.15, 0.2) is 12.1 Å². The maximum absolute atomic E-state index is 4.81. The Labute approximate surface area is 125 Å². The molecule has 0 spiro atoms. The minimum Gasteiger partial charge on any atom is -0.310 e. The van der Waals surface area contributed by atoms with Crippen molar-refractivity contribution < 1.29 is 0 Å². The number of hydrogen-bond acceptors (Lipinski definition) is 4. The Morgan fingerprint density at radius 1 is 1.15 bits per heavy atom. The zero-order chi connectivity index (χ0) is 14.7. The molecule has 0 aliphatic rings. The molecular weight excluding hydrogens is 266 g/mol. The fourth-order valence-corrected chi connectivity index (χ4v) is 3.26. The van der Waals surface area contributed by atoms with E-state index >= 15 is 0 Å². The van der Waals surface area contributed by atoms with E-state index in [0.717, 1.165) is 29.4 Å². The fraction of sp³-hybridized carbons (Fsp3) is 0.500. The largest absolute Gasteiger partial charge is 0.310 e. The monoisotopic (exact) mass is 289 g/mol. The van der Waals surface area contributed by atoms with E-state index in [0.29, 0.717) is 6.04 Å². The second-order valence-electron chi connectivity index (χ2n) is 5.42. The average molecular weight is 289 g/mol. The molecule has 0 saturated carbocycles.